The Labute approximate surface area is 212 Å². The fraction of sp³-hybridized carbons (Fsp3) is 0.241. The van der Waals surface area contributed by atoms with Crippen LogP contribution in [0.15, 0.2) is 71.7 Å². The molecule has 0 saturated heterocycles. The highest BCUT2D eigenvalue weighted by Gasteiger charge is 2.31. The van der Waals surface area contributed by atoms with Crippen LogP contribution >= 0.6 is 0 Å². The summed E-state index contributed by atoms with van der Waals surface area (Å²) in [5.74, 6) is 0.173. The van der Waals surface area contributed by atoms with Crippen molar-refractivity contribution in [3.8, 4) is 23.0 Å². The number of halogens is 3. The van der Waals surface area contributed by atoms with Crippen LogP contribution in [0, 0.1) is 18.3 Å². The molecule has 0 radical (unpaired) electrons. The number of hydrogen-bond acceptors (Lipinski definition) is 4. The Hall–Kier alpha value is -4.25. The third kappa shape index (κ3) is 5.61. The van der Waals surface area contributed by atoms with E-state index in [1.54, 1.807) is 13.0 Å². The monoisotopic (exact) mass is 502 g/mol. The Kier molecular flexibility index (Phi) is 7.53. The van der Waals surface area contributed by atoms with E-state index in [2.05, 4.69) is 16.0 Å². The van der Waals surface area contributed by atoms with E-state index in [-0.39, 0.29) is 18.1 Å². The predicted octanol–water partition coefficient (Wildman–Crippen LogP) is 6.43. The molecule has 2 aromatic carbocycles. The zero-order valence-corrected chi connectivity index (χ0v) is 20.5. The van der Waals surface area contributed by atoms with Crippen molar-refractivity contribution >= 4 is 0 Å². The van der Waals surface area contributed by atoms with Gasteiger partial charge in [0.05, 0.1) is 22.9 Å². The fourth-order valence-electron chi connectivity index (χ4n) is 4.27. The van der Waals surface area contributed by atoms with E-state index in [0.29, 0.717) is 23.2 Å². The van der Waals surface area contributed by atoms with Gasteiger partial charge >= 0.3 is 6.18 Å². The SMILES string of the molecule is CCCCc1nc(C)n(-c2cc(C(F)(F)F)ccn2)c(=O)c1Cc1ccc(-c2ccccc2C#N)cc1. The van der Waals surface area contributed by atoms with Crippen LogP contribution in [-0.4, -0.2) is 14.5 Å². The van der Waals surface area contributed by atoms with Crippen LogP contribution < -0.4 is 5.56 Å². The number of aryl methyl sites for hydroxylation is 2. The minimum Gasteiger partial charge on any atom is -0.268 e. The van der Waals surface area contributed by atoms with Gasteiger partial charge in [-0.15, -0.1) is 0 Å². The lowest BCUT2D eigenvalue weighted by Crippen LogP contribution is -2.29. The summed E-state index contributed by atoms with van der Waals surface area (Å²) >= 11 is 0. The average molecular weight is 503 g/mol. The van der Waals surface area contributed by atoms with Gasteiger partial charge in [0.25, 0.3) is 5.56 Å². The van der Waals surface area contributed by atoms with Crippen LogP contribution in [0.4, 0.5) is 13.2 Å². The summed E-state index contributed by atoms with van der Waals surface area (Å²) in [4.78, 5) is 22.3. The highest BCUT2D eigenvalue weighted by atomic mass is 19.4. The summed E-state index contributed by atoms with van der Waals surface area (Å²) in [6, 6.07) is 18.8. The smallest absolute Gasteiger partial charge is 0.268 e. The number of nitrogens with zero attached hydrogens (tertiary/aromatic N) is 4. The molecule has 0 N–H and O–H groups in total. The van der Waals surface area contributed by atoms with Crippen molar-refractivity contribution in [1.29, 1.82) is 5.26 Å². The van der Waals surface area contributed by atoms with Crippen molar-refractivity contribution in [2.45, 2.75) is 45.7 Å². The highest BCUT2D eigenvalue weighted by molar-refractivity contribution is 5.70. The van der Waals surface area contributed by atoms with Crippen LogP contribution in [0.1, 0.15) is 53.5 Å². The Bertz CT molecular complexity index is 1520. The summed E-state index contributed by atoms with van der Waals surface area (Å²) in [7, 11) is 0. The fourth-order valence-corrected chi connectivity index (χ4v) is 4.27. The second kappa shape index (κ2) is 10.8. The Morgan fingerprint density at radius 2 is 1.78 bits per heavy atom. The minimum absolute atomic E-state index is 0.114. The van der Waals surface area contributed by atoms with Gasteiger partial charge in [0.1, 0.15) is 11.6 Å². The van der Waals surface area contributed by atoms with Gasteiger partial charge in [-0.3, -0.25) is 4.79 Å². The minimum atomic E-state index is -4.56. The summed E-state index contributed by atoms with van der Waals surface area (Å²) in [5, 5.41) is 9.40. The van der Waals surface area contributed by atoms with Crippen molar-refractivity contribution in [3.05, 3.63) is 111 Å². The maximum atomic E-state index is 13.7. The molecule has 2 heterocycles. The normalized spacial score (nSPS) is 11.4. The first-order valence-electron chi connectivity index (χ1n) is 12.0. The predicted molar refractivity (Wildman–Crippen MR) is 135 cm³/mol. The third-order valence-electron chi connectivity index (χ3n) is 6.19. The van der Waals surface area contributed by atoms with Crippen molar-refractivity contribution in [2.75, 3.05) is 0 Å². The first-order chi connectivity index (χ1) is 17.7. The number of aromatic nitrogens is 3. The van der Waals surface area contributed by atoms with E-state index in [1.807, 2.05) is 49.4 Å². The van der Waals surface area contributed by atoms with Gasteiger partial charge in [-0.25, -0.2) is 14.5 Å². The highest BCUT2D eigenvalue weighted by Crippen LogP contribution is 2.30. The zero-order valence-electron chi connectivity index (χ0n) is 20.5. The van der Waals surface area contributed by atoms with E-state index >= 15 is 0 Å². The number of alkyl halides is 3. The van der Waals surface area contributed by atoms with Gasteiger partial charge in [-0.2, -0.15) is 18.4 Å². The van der Waals surface area contributed by atoms with Crippen LogP contribution in [0.3, 0.4) is 0 Å². The van der Waals surface area contributed by atoms with E-state index in [4.69, 9.17) is 0 Å². The first-order valence-corrected chi connectivity index (χ1v) is 12.0. The molecule has 0 aliphatic carbocycles. The number of nitriles is 1. The Morgan fingerprint density at radius 3 is 2.46 bits per heavy atom. The lowest BCUT2D eigenvalue weighted by atomic mass is 9.97. The largest absolute Gasteiger partial charge is 0.416 e. The molecule has 0 fully saturated rings. The Morgan fingerprint density at radius 1 is 1.05 bits per heavy atom. The van der Waals surface area contributed by atoms with Gasteiger partial charge < -0.3 is 0 Å². The molecule has 0 bridgehead atoms. The molecule has 0 atom stereocenters. The van der Waals surface area contributed by atoms with E-state index in [9.17, 15) is 23.2 Å². The number of pyridine rings is 1. The zero-order chi connectivity index (χ0) is 26.6. The molecule has 0 unspecified atom stereocenters. The van der Waals surface area contributed by atoms with Crippen LogP contribution in [0.25, 0.3) is 16.9 Å². The summed E-state index contributed by atoms with van der Waals surface area (Å²) in [6.07, 6.45) is -0.915. The summed E-state index contributed by atoms with van der Waals surface area (Å²) in [5.41, 5.74) is 2.88. The van der Waals surface area contributed by atoms with Gasteiger partial charge in [0.15, 0.2) is 0 Å². The second-order valence-corrected chi connectivity index (χ2v) is 8.76. The molecule has 0 aliphatic heterocycles. The quantitative estimate of drug-likeness (QED) is 0.292. The van der Waals surface area contributed by atoms with Gasteiger partial charge in [0, 0.05) is 18.2 Å². The van der Waals surface area contributed by atoms with Crippen LogP contribution in [0.2, 0.25) is 0 Å². The van der Waals surface area contributed by atoms with Gasteiger partial charge in [-0.05, 0) is 54.7 Å². The summed E-state index contributed by atoms with van der Waals surface area (Å²) in [6.45, 7) is 3.64. The number of benzene rings is 2. The number of hydrogen-bond donors (Lipinski definition) is 0. The third-order valence-corrected chi connectivity index (χ3v) is 6.19. The molecule has 5 nitrogen and oxygen atoms in total. The topological polar surface area (TPSA) is 71.6 Å². The van der Waals surface area contributed by atoms with Crippen LogP contribution in [-0.2, 0) is 19.0 Å². The van der Waals surface area contributed by atoms with E-state index in [0.717, 1.165) is 52.4 Å². The van der Waals surface area contributed by atoms with Crippen molar-refractivity contribution in [1.82, 2.24) is 14.5 Å². The lowest BCUT2D eigenvalue weighted by Gasteiger charge is -2.16. The van der Waals surface area contributed by atoms with Gasteiger partial charge in [0.2, 0.25) is 0 Å². The van der Waals surface area contributed by atoms with Crippen molar-refractivity contribution in [2.24, 2.45) is 0 Å². The Balaban J connectivity index is 1.77. The molecular formula is C29H25F3N4O. The second-order valence-electron chi connectivity index (χ2n) is 8.76. The lowest BCUT2D eigenvalue weighted by molar-refractivity contribution is -0.137. The molecule has 2 aromatic heterocycles. The standard InChI is InChI=1S/C29H25F3N4O/c1-3-4-9-26-25(16-20-10-12-21(13-11-20)24-8-6-5-7-22(24)18-33)28(37)36(19(2)35-26)27-17-23(14-15-34-27)29(30,31)32/h5-8,10-15,17H,3-4,9,16H2,1-2H3. The molecule has 37 heavy (non-hydrogen) atoms. The average Bonchev–Trinajstić information content (AvgIpc) is 2.89. The molecule has 4 rings (SSSR count). The van der Waals surface area contributed by atoms with Gasteiger partial charge in [-0.1, -0.05) is 55.8 Å². The molecule has 188 valence electrons. The first kappa shape index (κ1) is 25.8. The van der Waals surface area contributed by atoms with Crippen molar-refractivity contribution < 1.29 is 13.2 Å². The number of rotatable bonds is 7. The maximum absolute atomic E-state index is 13.7. The van der Waals surface area contributed by atoms with Crippen molar-refractivity contribution in [3.63, 3.8) is 0 Å². The van der Waals surface area contributed by atoms with E-state index in [1.165, 1.54) is 0 Å². The number of unbranched alkanes of at least 4 members (excludes halogenated alkanes) is 1. The van der Waals surface area contributed by atoms with E-state index < -0.39 is 17.3 Å². The molecule has 8 heteroatoms. The van der Waals surface area contributed by atoms with Crippen LogP contribution in [0.5, 0.6) is 0 Å². The maximum Gasteiger partial charge on any atom is 0.416 e. The molecule has 0 amide bonds. The molecular weight excluding hydrogens is 477 g/mol. The molecule has 0 saturated carbocycles. The summed E-state index contributed by atoms with van der Waals surface area (Å²) < 4.78 is 41.1. The molecule has 4 aromatic rings. The molecule has 0 spiro atoms. The molecule has 0 aliphatic rings.